The molecule has 186 valence electrons. The number of alkyl halides is 3. The highest BCUT2D eigenvalue weighted by Crippen LogP contribution is 2.37. The van der Waals surface area contributed by atoms with Crippen molar-refractivity contribution < 1.29 is 22.8 Å². The number of benzene rings is 2. The molecule has 2 N–H and O–H groups in total. The van der Waals surface area contributed by atoms with Gasteiger partial charge in [-0.05, 0) is 24.6 Å². The third-order valence-electron chi connectivity index (χ3n) is 6.39. The summed E-state index contributed by atoms with van der Waals surface area (Å²) < 4.78 is 43.6. The number of aromatic nitrogens is 4. The Balaban J connectivity index is 1.43. The van der Waals surface area contributed by atoms with E-state index in [1.807, 2.05) is 10.8 Å². The normalized spacial score (nSPS) is 13.7. The van der Waals surface area contributed by atoms with Gasteiger partial charge >= 0.3 is 6.18 Å². The Kier molecular flexibility index (Phi) is 5.22. The number of halogens is 4. The first-order valence-corrected chi connectivity index (χ1v) is 11.6. The van der Waals surface area contributed by atoms with Crippen molar-refractivity contribution in [2.24, 2.45) is 0 Å². The van der Waals surface area contributed by atoms with E-state index in [0.717, 1.165) is 25.7 Å². The first-order valence-electron chi connectivity index (χ1n) is 11.2. The van der Waals surface area contributed by atoms with Crippen molar-refractivity contribution in [3.8, 4) is 5.69 Å². The van der Waals surface area contributed by atoms with Crippen LogP contribution in [0.1, 0.15) is 22.5 Å². The summed E-state index contributed by atoms with van der Waals surface area (Å²) in [4.78, 5) is 33.4. The number of nitrogens with zero attached hydrogens (tertiary/aromatic N) is 4. The van der Waals surface area contributed by atoms with Crippen LogP contribution in [0.15, 0.2) is 48.8 Å². The Morgan fingerprint density at radius 3 is 2.59 bits per heavy atom. The quantitative estimate of drug-likeness (QED) is 0.366. The summed E-state index contributed by atoms with van der Waals surface area (Å²) in [6, 6.07) is 9.38. The van der Waals surface area contributed by atoms with Crippen LogP contribution < -0.4 is 15.6 Å². The van der Waals surface area contributed by atoms with Gasteiger partial charge < -0.3 is 15.2 Å². The molecule has 2 aromatic carbocycles. The molecular weight excluding hydrogens is 509 g/mol. The molecule has 0 unspecified atom stereocenters. The fourth-order valence-electron chi connectivity index (χ4n) is 4.60. The van der Waals surface area contributed by atoms with Crippen molar-refractivity contribution in [1.82, 2.24) is 19.7 Å². The van der Waals surface area contributed by atoms with Crippen LogP contribution in [0, 0.1) is 0 Å². The van der Waals surface area contributed by atoms with E-state index in [0.29, 0.717) is 32.2 Å². The van der Waals surface area contributed by atoms with E-state index >= 15 is 0 Å². The lowest BCUT2D eigenvalue weighted by Gasteiger charge is -2.32. The van der Waals surface area contributed by atoms with E-state index in [9.17, 15) is 22.8 Å². The van der Waals surface area contributed by atoms with Crippen LogP contribution in [0.3, 0.4) is 0 Å². The average molecular weight is 525 g/mol. The Labute approximate surface area is 211 Å². The first kappa shape index (κ1) is 23.1. The van der Waals surface area contributed by atoms with Gasteiger partial charge in [0, 0.05) is 34.8 Å². The van der Waals surface area contributed by atoms with Crippen LogP contribution >= 0.6 is 11.6 Å². The van der Waals surface area contributed by atoms with Crippen molar-refractivity contribution in [3.05, 3.63) is 70.4 Å². The number of hydrogen-bond donors (Lipinski definition) is 2. The van der Waals surface area contributed by atoms with E-state index in [2.05, 4.69) is 20.4 Å². The molecule has 4 heterocycles. The highest BCUT2D eigenvalue weighted by molar-refractivity contribution is 6.33. The fraction of sp³-hybridized carbons (Fsp3) is 0.160. The van der Waals surface area contributed by atoms with E-state index < -0.39 is 23.3 Å². The minimum absolute atomic E-state index is 0.101. The summed E-state index contributed by atoms with van der Waals surface area (Å²) in [6.07, 6.45) is -1.66. The summed E-state index contributed by atoms with van der Waals surface area (Å²) in [5.74, 6) is 1.36. The number of carbonyl (C=O) groups is 1. The molecule has 3 aromatic heterocycles. The van der Waals surface area contributed by atoms with Crippen molar-refractivity contribution in [1.29, 1.82) is 0 Å². The second-order valence-corrected chi connectivity index (χ2v) is 9.01. The first-order chi connectivity index (χ1) is 17.8. The molecule has 0 atom stereocenters. The van der Waals surface area contributed by atoms with Gasteiger partial charge in [-0.15, -0.1) is 0 Å². The number of hydrogen-bond acceptors (Lipinski definition) is 5. The molecule has 1 amide bonds. The summed E-state index contributed by atoms with van der Waals surface area (Å²) >= 11 is 6.28. The van der Waals surface area contributed by atoms with Crippen molar-refractivity contribution >= 4 is 56.6 Å². The van der Waals surface area contributed by atoms with Crippen LogP contribution in [0.4, 0.5) is 24.7 Å². The molecule has 0 saturated carbocycles. The molecule has 37 heavy (non-hydrogen) atoms. The summed E-state index contributed by atoms with van der Waals surface area (Å²) in [7, 11) is 0. The highest BCUT2D eigenvalue weighted by atomic mass is 35.5. The Morgan fingerprint density at radius 1 is 1.14 bits per heavy atom. The molecule has 1 aliphatic heterocycles. The van der Waals surface area contributed by atoms with Gasteiger partial charge in [-0.25, -0.2) is 14.5 Å². The number of aromatic amines is 1. The maximum absolute atomic E-state index is 14.3. The lowest BCUT2D eigenvalue weighted by atomic mass is 10.1. The van der Waals surface area contributed by atoms with Gasteiger partial charge in [-0.2, -0.15) is 18.3 Å². The molecule has 1 aliphatic rings. The molecule has 0 bridgehead atoms. The van der Waals surface area contributed by atoms with Gasteiger partial charge in [-0.1, -0.05) is 29.8 Å². The molecular formula is C25H16ClF3N6O2. The second-order valence-electron chi connectivity index (χ2n) is 8.60. The van der Waals surface area contributed by atoms with Gasteiger partial charge in [0.05, 0.1) is 34.4 Å². The third-order valence-corrected chi connectivity index (χ3v) is 6.67. The smallest absolute Gasteiger partial charge is 0.355 e. The summed E-state index contributed by atoms with van der Waals surface area (Å²) in [5, 5.41) is 8.38. The largest absolute Gasteiger partial charge is 0.434 e. The molecule has 5 aromatic rings. The van der Waals surface area contributed by atoms with Crippen molar-refractivity contribution in [3.63, 3.8) is 0 Å². The zero-order valence-corrected chi connectivity index (χ0v) is 19.6. The van der Waals surface area contributed by atoms with Crippen molar-refractivity contribution in [2.75, 3.05) is 23.3 Å². The number of carbonyl (C=O) groups excluding carboxylic acids is 2. The summed E-state index contributed by atoms with van der Waals surface area (Å²) in [5.41, 5.74) is -1.07. The predicted molar refractivity (Wildman–Crippen MR) is 132 cm³/mol. The van der Waals surface area contributed by atoms with Gasteiger partial charge in [-0.3, -0.25) is 4.79 Å². The minimum atomic E-state index is -4.91. The number of rotatable bonds is 4. The van der Waals surface area contributed by atoms with Crippen LogP contribution in [-0.2, 0) is 11.0 Å². The maximum atomic E-state index is 14.3. The fourth-order valence-corrected chi connectivity index (χ4v) is 4.89. The van der Waals surface area contributed by atoms with E-state index in [1.165, 1.54) is 18.3 Å². The number of anilines is 2. The zero-order valence-electron chi connectivity index (χ0n) is 18.9. The zero-order chi connectivity index (χ0) is 25.9. The predicted octanol–water partition coefficient (Wildman–Crippen LogP) is 4.26. The molecule has 8 nitrogen and oxygen atoms in total. The Bertz CT molecular complexity index is 1780. The van der Waals surface area contributed by atoms with Crippen molar-refractivity contribution in [2.45, 2.75) is 12.6 Å². The maximum Gasteiger partial charge on any atom is 0.434 e. The van der Waals surface area contributed by atoms with Gasteiger partial charge in [0.25, 0.3) is 5.91 Å². The number of amides is 1. The molecule has 0 aliphatic carbocycles. The standard InChI is InChI=1S/C25H16ClF3N6O2/c26-17-9-13(10-30-23(17)34-7-2-8-34)32-24(37)16-11-31-35(22(16)25(27,28)29)20-6-5-18-21-14(19(12-36)33-18)3-1-4-15(20)21/h1,3-6,9-11,33H,2,7-8H2,(H,32,37). The summed E-state index contributed by atoms with van der Waals surface area (Å²) in [6.45, 7) is 1.62. The molecule has 1 fully saturated rings. The SMILES string of the molecule is O=C=c1[nH]c2ccc(-n3ncc(C(=O)Nc4cnc(N5CCC5)c(Cl)c4)c3C(F)(F)F)c3cccc1c23. The number of pyridine rings is 1. The number of nitrogens with one attached hydrogen (secondary N) is 2. The number of H-pyrrole nitrogens is 1. The third kappa shape index (κ3) is 3.71. The van der Waals surface area contributed by atoms with Gasteiger partial charge in [0.1, 0.15) is 11.2 Å². The lowest BCUT2D eigenvalue weighted by Crippen LogP contribution is -2.37. The lowest BCUT2D eigenvalue weighted by molar-refractivity contribution is -0.143. The van der Waals surface area contributed by atoms with Crippen LogP contribution in [0.2, 0.25) is 5.02 Å². The second kappa shape index (κ2) is 8.36. The molecule has 0 radical (unpaired) electrons. The highest BCUT2D eigenvalue weighted by Gasteiger charge is 2.41. The Hall–Kier alpha value is -4.34. The van der Waals surface area contributed by atoms with E-state index in [1.54, 1.807) is 24.3 Å². The molecule has 1 saturated heterocycles. The van der Waals surface area contributed by atoms with Crippen LogP contribution in [-0.4, -0.2) is 44.7 Å². The van der Waals surface area contributed by atoms with E-state index in [-0.39, 0.29) is 21.7 Å². The van der Waals surface area contributed by atoms with Gasteiger partial charge in [0.2, 0.25) is 0 Å². The molecule has 12 heteroatoms. The monoisotopic (exact) mass is 524 g/mol. The van der Waals surface area contributed by atoms with Crippen LogP contribution in [0.25, 0.3) is 27.4 Å². The Morgan fingerprint density at radius 2 is 1.92 bits per heavy atom. The van der Waals surface area contributed by atoms with Crippen LogP contribution in [0.5, 0.6) is 0 Å². The molecule has 6 rings (SSSR count). The molecule has 0 spiro atoms. The van der Waals surface area contributed by atoms with Gasteiger partial charge in [0.15, 0.2) is 11.6 Å². The topological polar surface area (TPSA) is 95.9 Å². The minimum Gasteiger partial charge on any atom is -0.355 e. The van der Waals surface area contributed by atoms with E-state index in [4.69, 9.17) is 11.6 Å². The average Bonchev–Trinajstić information content (AvgIpc) is 3.43.